The molecule has 19 heavy (non-hydrogen) atoms. The average molecular weight is 257 g/mol. The van der Waals surface area contributed by atoms with Gasteiger partial charge in [0.1, 0.15) is 6.10 Å². The van der Waals surface area contributed by atoms with Crippen molar-refractivity contribution < 1.29 is 9.53 Å². The zero-order valence-corrected chi connectivity index (χ0v) is 10.7. The van der Waals surface area contributed by atoms with Gasteiger partial charge in [-0.25, -0.2) is 0 Å². The number of hydrogen-bond donors (Lipinski definition) is 1. The van der Waals surface area contributed by atoms with Crippen LogP contribution in [0.1, 0.15) is 27.8 Å². The van der Waals surface area contributed by atoms with Crippen LogP contribution in [0.3, 0.4) is 0 Å². The number of carbonyl (C=O) groups is 1. The van der Waals surface area contributed by atoms with E-state index in [9.17, 15) is 4.79 Å². The van der Waals surface area contributed by atoms with E-state index in [2.05, 4.69) is 10.4 Å². The molecular weight excluding hydrogens is 242 g/mol. The lowest BCUT2D eigenvalue weighted by molar-refractivity contribution is -0.00119. The molecule has 1 aliphatic rings. The first-order chi connectivity index (χ1) is 9.28. The summed E-state index contributed by atoms with van der Waals surface area (Å²) in [6.45, 7) is 1.11. The van der Waals surface area contributed by atoms with Crippen molar-refractivity contribution in [3.63, 3.8) is 0 Å². The maximum absolute atomic E-state index is 11.6. The molecule has 1 N–H and O–H groups in total. The predicted molar refractivity (Wildman–Crippen MR) is 69.6 cm³/mol. The molecule has 0 saturated carbocycles. The minimum Gasteiger partial charge on any atom is -0.365 e. The maximum Gasteiger partial charge on any atom is 0.271 e. The van der Waals surface area contributed by atoms with Crippen molar-refractivity contribution in [1.82, 2.24) is 15.1 Å². The van der Waals surface area contributed by atoms with E-state index in [1.807, 2.05) is 35.0 Å². The summed E-state index contributed by atoms with van der Waals surface area (Å²) in [5.41, 5.74) is 2.51. The molecule has 98 valence electrons. The van der Waals surface area contributed by atoms with Gasteiger partial charge >= 0.3 is 0 Å². The highest BCUT2D eigenvalue weighted by Crippen LogP contribution is 2.26. The van der Waals surface area contributed by atoms with Gasteiger partial charge < -0.3 is 10.1 Å². The molecule has 1 atom stereocenters. The van der Waals surface area contributed by atoms with Crippen molar-refractivity contribution in [2.75, 3.05) is 7.05 Å². The van der Waals surface area contributed by atoms with E-state index >= 15 is 0 Å². The van der Waals surface area contributed by atoms with Gasteiger partial charge in [0.15, 0.2) is 5.69 Å². The summed E-state index contributed by atoms with van der Waals surface area (Å²) in [5.74, 6) is -0.168. The molecule has 2 aromatic rings. The number of rotatable bonds is 2. The van der Waals surface area contributed by atoms with Gasteiger partial charge in [0.05, 0.1) is 18.8 Å². The van der Waals surface area contributed by atoms with Crippen LogP contribution in [0.2, 0.25) is 0 Å². The van der Waals surface area contributed by atoms with Crippen LogP contribution in [0.4, 0.5) is 0 Å². The van der Waals surface area contributed by atoms with Crippen LogP contribution >= 0.6 is 0 Å². The molecule has 5 nitrogen and oxygen atoms in total. The van der Waals surface area contributed by atoms with Crippen LogP contribution in [0.25, 0.3) is 0 Å². The Bertz CT molecular complexity index is 592. The lowest BCUT2D eigenvalue weighted by atomic mass is 10.1. The minimum atomic E-state index is -0.168. The molecule has 5 heteroatoms. The third-order valence-corrected chi connectivity index (χ3v) is 3.27. The zero-order chi connectivity index (χ0) is 13.2. The Morgan fingerprint density at radius 1 is 1.42 bits per heavy atom. The van der Waals surface area contributed by atoms with Crippen LogP contribution < -0.4 is 5.32 Å². The highest BCUT2D eigenvalue weighted by atomic mass is 16.5. The number of ether oxygens (including phenoxy) is 1. The molecular formula is C14H15N3O2. The van der Waals surface area contributed by atoms with Crippen molar-refractivity contribution in [2.45, 2.75) is 19.3 Å². The van der Waals surface area contributed by atoms with Crippen LogP contribution in [0.5, 0.6) is 0 Å². The molecule has 0 bridgehead atoms. The number of benzene rings is 1. The standard InChI is InChI=1S/C14H15N3O2/c1-15-14(18)12-7-11-9-19-13(8-17(11)16-12)10-5-3-2-4-6-10/h2-7,13H,8-9H2,1H3,(H,15,18)/t13-/m1/s1. The number of nitrogens with zero attached hydrogens (tertiary/aromatic N) is 2. The van der Waals surface area contributed by atoms with Gasteiger partial charge in [-0.1, -0.05) is 30.3 Å². The Kier molecular flexibility index (Phi) is 3.05. The molecule has 0 saturated heterocycles. The molecule has 0 fully saturated rings. The van der Waals surface area contributed by atoms with Crippen molar-refractivity contribution in [2.24, 2.45) is 0 Å². The van der Waals surface area contributed by atoms with Gasteiger partial charge in [-0.05, 0) is 11.6 Å². The largest absolute Gasteiger partial charge is 0.365 e. The summed E-state index contributed by atoms with van der Waals surface area (Å²) < 4.78 is 7.68. The van der Waals surface area contributed by atoms with Gasteiger partial charge in [0, 0.05) is 7.05 Å². The predicted octanol–water partition coefficient (Wildman–Crippen LogP) is 1.51. The van der Waals surface area contributed by atoms with Crippen LogP contribution in [0, 0.1) is 0 Å². The number of fused-ring (bicyclic) bond motifs is 1. The van der Waals surface area contributed by atoms with Crippen LogP contribution in [-0.4, -0.2) is 22.7 Å². The molecule has 3 rings (SSSR count). The summed E-state index contributed by atoms with van der Waals surface area (Å²) in [6, 6.07) is 11.8. The summed E-state index contributed by atoms with van der Waals surface area (Å²) in [5, 5.41) is 6.90. The van der Waals surface area contributed by atoms with E-state index in [0.717, 1.165) is 11.3 Å². The topological polar surface area (TPSA) is 56.2 Å². The van der Waals surface area contributed by atoms with E-state index in [0.29, 0.717) is 18.8 Å². The van der Waals surface area contributed by atoms with E-state index in [1.54, 1.807) is 13.1 Å². The van der Waals surface area contributed by atoms with Gasteiger partial charge in [-0.2, -0.15) is 5.10 Å². The Hall–Kier alpha value is -2.14. The highest BCUT2D eigenvalue weighted by molar-refractivity contribution is 5.92. The summed E-state index contributed by atoms with van der Waals surface area (Å²) in [6.07, 6.45) is -0.00821. The van der Waals surface area contributed by atoms with Crippen molar-refractivity contribution in [3.8, 4) is 0 Å². The van der Waals surface area contributed by atoms with Crippen molar-refractivity contribution in [3.05, 3.63) is 53.3 Å². The van der Waals surface area contributed by atoms with E-state index < -0.39 is 0 Å². The average Bonchev–Trinajstić information content (AvgIpc) is 2.90. The fraction of sp³-hybridized carbons (Fsp3) is 0.286. The van der Waals surface area contributed by atoms with E-state index in [1.165, 1.54) is 0 Å². The summed E-state index contributed by atoms with van der Waals surface area (Å²) in [7, 11) is 1.60. The van der Waals surface area contributed by atoms with Gasteiger partial charge in [0.2, 0.25) is 0 Å². The first-order valence-corrected chi connectivity index (χ1v) is 6.23. The number of amides is 1. The number of hydrogen-bond acceptors (Lipinski definition) is 3. The third-order valence-electron chi connectivity index (χ3n) is 3.27. The minimum absolute atomic E-state index is 0.00821. The molecule has 2 heterocycles. The number of nitrogens with one attached hydrogen (secondary N) is 1. The maximum atomic E-state index is 11.6. The smallest absolute Gasteiger partial charge is 0.271 e. The fourth-order valence-corrected chi connectivity index (χ4v) is 2.23. The Morgan fingerprint density at radius 2 is 2.21 bits per heavy atom. The van der Waals surface area contributed by atoms with Crippen molar-refractivity contribution in [1.29, 1.82) is 0 Å². The lowest BCUT2D eigenvalue weighted by Crippen LogP contribution is -2.22. The first-order valence-electron chi connectivity index (χ1n) is 6.23. The van der Waals surface area contributed by atoms with E-state index in [-0.39, 0.29) is 12.0 Å². The van der Waals surface area contributed by atoms with Gasteiger partial charge in [0.25, 0.3) is 5.91 Å². The second-order valence-corrected chi connectivity index (χ2v) is 4.49. The molecule has 1 aromatic heterocycles. The number of aromatic nitrogens is 2. The normalized spacial score (nSPS) is 17.8. The Morgan fingerprint density at radius 3 is 2.95 bits per heavy atom. The Balaban J connectivity index is 1.84. The molecule has 0 aliphatic carbocycles. The van der Waals surface area contributed by atoms with Crippen LogP contribution in [0.15, 0.2) is 36.4 Å². The third kappa shape index (κ3) is 2.24. The van der Waals surface area contributed by atoms with Crippen molar-refractivity contribution >= 4 is 5.91 Å². The van der Waals surface area contributed by atoms with Crippen LogP contribution in [-0.2, 0) is 17.9 Å². The monoisotopic (exact) mass is 257 g/mol. The highest BCUT2D eigenvalue weighted by Gasteiger charge is 2.23. The quantitative estimate of drug-likeness (QED) is 0.887. The van der Waals surface area contributed by atoms with Gasteiger partial charge in [-0.15, -0.1) is 0 Å². The Labute approximate surface area is 111 Å². The summed E-state index contributed by atoms with van der Waals surface area (Å²) >= 11 is 0. The molecule has 1 aromatic carbocycles. The molecule has 0 radical (unpaired) electrons. The zero-order valence-electron chi connectivity index (χ0n) is 10.7. The van der Waals surface area contributed by atoms with Gasteiger partial charge in [-0.3, -0.25) is 9.48 Å². The molecule has 0 spiro atoms. The SMILES string of the molecule is CNC(=O)c1cc2n(n1)C[C@H](c1ccccc1)OC2. The molecule has 0 unspecified atom stereocenters. The summed E-state index contributed by atoms with van der Waals surface area (Å²) in [4.78, 5) is 11.6. The van der Waals surface area contributed by atoms with E-state index in [4.69, 9.17) is 4.74 Å². The fourth-order valence-electron chi connectivity index (χ4n) is 2.23. The number of carbonyl (C=O) groups excluding carboxylic acids is 1. The molecule has 1 aliphatic heterocycles. The second-order valence-electron chi connectivity index (χ2n) is 4.49. The molecule has 1 amide bonds. The first kappa shape index (κ1) is 11.9. The second kappa shape index (κ2) is 4.85. The lowest BCUT2D eigenvalue weighted by Gasteiger charge is -2.24.